The largest absolute Gasteiger partial charge is 0.484 e. The molecule has 1 aliphatic carbocycles. The highest BCUT2D eigenvalue weighted by Crippen LogP contribution is 2.34. The van der Waals surface area contributed by atoms with E-state index in [4.69, 9.17) is 14.2 Å². The lowest BCUT2D eigenvalue weighted by Crippen LogP contribution is -2.46. The summed E-state index contributed by atoms with van der Waals surface area (Å²) in [5.41, 5.74) is 3.52. The van der Waals surface area contributed by atoms with E-state index in [0.717, 1.165) is 35.7 Å². The van der Waals surface area contributed by atoms with E-state index in [1.54, 1.807) is 54.2 Å². The smallest absolute Gasteiger partial charge is 0.321 e. The number of halogens is 2. The third kappa shape index (κ3) is 6.69. The first kappa shape index (κ1) is 30.7. The molecule has 11 heteroatoms. The van der Waals surface area contributed by atoms with Crippen LogP contribution in [0.15, 0.2) is 66.9 Å². The van der Waals surface area contributed by atoms with Crippen LogP contribution in [0, 0.1) is 5.92 Å². The number of carbonyl (C=O) groups is 2. The topological polar surface area (TPSA) is 112 Å². The molecular weight excluding hydrogens is 584 g/mol. The van der Waals surface area contributed by atoms with Gasteiger partial charge in [-0.15, -0.1) is 0 Å². The molecule has 1 aliphatic heterocycles. The van der Waals surface area contributed by atoms with E-state index < -0.39 is 30.1 Å². The molecule has 6 rings (SSSR count). The first-order valence-electron chi connectivity index (χ1n) is 15.0. The molecule has 45 heavy (non-hydrogen) atoms. The van der Waals surface area contributed by atoms with Crippen molar-refractivity contribution in [3.8, 4) is 17.2 Å². The summed E-state index contributed by atoms with van der Waals surface area (Å²) in [4.78, 5) is 25.2. The first-order chi connectivity index (χ1) is 21.6. The van der Waals surface area contributed by atoms with Gasteiger partial charge in [0.1, 0.15) is 17.6 Å². The standard InChI is InChI=1S/C34H35F2N3O6/c1-20(38-33(42)34(2,35)36)32(23-9-10-24-18-43-19-44-31(24)16-23)45-27-11-12-28-25(14-27)17-37-39(28)26-7-3-5-21(13-26)30(41)15-22-6-4-8-29(22)40/h3,5,7,9-14,16-17,20,22,29,32,40H,4,6,8,15,18-19H2,1-2H3,(H,38,42)/t20-,22+,29-,32-/m0/s1. The van der Waals surface area contributed by atoms with Crippen LogP contribution in [0.5, 0.6) is 11.5 Å². The zero-order valence-electron chi connectivity index (χ0n) is 25.0. The number of Topliss-reactive ketones (excluding diaryl/α,β-unsaturated/α-hetero) is 1. The minimum Gasteiger partial charge on any atom is -0.484 e. The molecule has 2 N–H and O–H groups in total. The molecule has 2 aliphatic rings. The van der Waals surface area contributed by atoms with Gasteiger partial charge in [0.05, 0.1) is 36.2 Å². The summed E-state index contributed by atoms with van der Waals surface area (Å²) in [6.07, 6.45) is 3.26. The van der Waals surface area contributed by atoms with Gasteiger partial charge >= 0.3 is 5.92 Å². The maximum Gasteiger partial charge on any atom is 0.321 e. The molecule has 0 saturated heterocycles. The molecule has 1 fully saturated rings. The second kappa shape index (κ2) is 12.6. The van der Waals surface area contributed by atoms with E-state index in [1.807, 2.05) is 24.3 Å². The molecule has 0 spiro atoms. The number of rotatable bonds is 10. The van der Waals surface area contributed by atoms with Gasteiger partial charge in [0, 0.05) is 29.9 Å². The number of aliphatic hydroxyl groups excluding tert-OH is 1. The molecule has 0 unspecified atom stereocenters. The average Bonchev–Trinajstić information content (AvgIpc) is 3.64. The van der Waals surface area contributed by atoms with Crippen LogP contribution >= 0.6 is 0 Å². The lowest BCUT2D eigenvalue weighted by Gasteiger charge is -2.28. The molecule has 9 nitrogen and oxygen atoms in total. The fraction of sp³-hybridized carbons (Fsp3) is 0.382. The van der Waals surface area contributed by atoms with Crippen molar-refractivity contribution in [2.75, 3.05) is 6.79 Å². The van der Waals surface area contributed by atoms with Crippen LogP contribution in [0.3, 0.4) is 0 Å². The molecule has 0 bridgehead atoms. The summed E-state index contributed by atoms with van der Waals surface area (Å²) in [5.74, 6) is -3.93. The average molecular weight is 620 g/mol. The van der Waals surface area contributed by atoms with Crippen molar-refractivity contribution in [2.24, 2.45) is 5.92 Å². The van der Waals surface area contributed by atoms with Gasteiger partial charge in [0.2, 0.25) is 0 Å². The molecule has 4 atom stereocenters. The number of hydrogen-bond acceptors (Lipinski definition) is 7. The Morgan fingerprint density at radius 2 is 2.00 bits per heavy atom. The quantitative estimate of drug-likeness (QED) is 0.213. The highest BCUT2D eigenvalue weighted by Gasteiger charge is 2.35. The first-order valence-corrected chi connectivity index (χ1v) is 15.0. The third-order valence-corrected chi connectivity index (χ3v) is 8.47. The number of ketones is 1. The molecule has 3 aromatic carbocycles. The predicted octanol–water partition coefficient (Wildman–Crippen LogP) is 5.91. The van der Waals surface area contributed by atoms with Gasteiger partial charge in [-0.3, -0.25) is 9.59 Å². The van der Waals surface area contributed by atoms with Crippen molar-refractivity contribution < 1.29 is 37.7 Å². The number of hydrogen-bond donors (Lipinski definition) is 2. The number of amides is 1. The van der Waals surface area contributed by atoms with Gasteiger partial charge < -0.3 is 24.6 Å². The predicted molar refractivity (Wildman–Crippen MR) is 162 cm³/mol. The van der Waals surface area contributed by atoms with E-state index in [2.05, 4.69) is 10.4 Å². The Morgan fingerprint density at radius 1 is 1.16 bits per heavy atom. The van der Waals surface area contributed by atoms with Gasteiger partial charge in [-0.05, 0) is 67.6 Å². The third-order valence-electron chi connectivity index (χ3n) is 8.47. The molecule has 1 amide bonds. The van der Waals surface area contributed by atoms with Gasteiger partial charge in [0.15, 0.2) is 12.6 Å². The van der Waals surface area contributed by atoms with Gasteiger partial charge in [0.25, 0.3) is 5.91 Å². The minimum absolute atomic E-state index is 0.00807. The molecule has 236 valence electrons. The lowest BCUT2D eigenvalue weighted by molar-refractivity contribution is -0.144. The monoisotopic (exact) mass is 619 g/mol. The highest BCUT2D eigenvalue weighted by atomic mass is 19.3. The van der Waals surface area contributed by atoms with E-state index in [9.17, 15) is 23.5 Å². The fourth-order valence-electron chi connectivity index (χ4n) is 5.99. The zero-order chi connectivity index (χ0) is 31.7. The van der Waals surface area contributed by atoms with Crippen LogP contribution in [0.1, 0.15) is 67.1 Å². The Kier molecular flexibility index (Phi) is 8.56. The number of nitrogens with one attached hydrogen (secondary N) is 1. The number of carbonyl (C=O) groups excluding carboxylic acids is 2. The summed E-state index contributed by atoms with van der Waals surface area (Å²) < 4.78 is 46.6. The second-order valence-corrected chi connectivity index (χ2v) is 11.9. The summed E-state index contributed by atoms with van der Waals surface area (Å²) in [7, 11) is 0. The van der Waals surface area contributed by atoms with Crippen molar-refractivity contribution in [2.45, 2.75) is 70.3 Å². The van der Waals surface area contributed by atoms with Gasteiger partial charge in [-0.1, -0.05) is 30.7 Å². The van der Waals surface area contributed by atoms with Crippen LogP contribution in [0.4, 0.5) is 8.78 Å². The Balaban J connectivity index is 1.26. The van der Waals surface area contributed by atoms with Crippen molar-refractivity contribution in [3.05, 3.63) is 83.6 Å². The maximum absolute atomic E-state index is 13.8. The molecule has 4 aromatic rings. The molecule has 2 heterocycles. The van der Waals surface area contributed by atoms with Crippen molar-refractivity contribution in [1.29, 1.82) is 0 Å². The summed E-state index contributed by atoms with van der Waals surface area (Å²) in [5, 5.41) is 17.8. The molecule has 0 radical (unpaired) electrons. The maximum atomic E-state index is 13.8. The normalized spacial score (nSPS) is 19.4. The van der Waals surface area contributed by atoms with Crippen LogP contribution < -0.4 is 14.8 Å². The zero-order valence-corrected chi connectivity index (χ0v) is 25.0. The molecule has 1 saturated carbocycles. The number of aliphatic hydroxyl groups is 1. The summed E-state index contributed by atoms with van der Waals surface area (Å²) in [6.45, 7) is 2.64. The Morgan fingerprint density at radius 3 is 2.78 bits per heavy atom. The van der Waals surface area contributed by atoms with Crippen molar-refractivity contribution in [1.82, 2.24) is 15.1 Å². The van der Waals surface area contributed by atoms with Crippen LogP contribution in [0.25, 0.3) is 16.6 Å². The number of benzene rings is 3. The Hall–Kier alpha value is -4.35. The fourth-order valence-corrected chi connectivity index (χ4v) is 5.99. The highest BCUT2D eigenvalue weighted by molar-refractivity contribution is 5.97. The lowest BCUT2D eigenvalue weighted by atomic mass is 9.95. The molecular formula is C34H35F2N3O6. The van der Waals surface area contributed by atoms with Crippen LogP contribution in [-0.2, 0) is 16.1 Å². The van der Waals surface area contributed by atoms with Crippen molar-refractivity contribution in [3.63, 3.8) is 0 Å². The number of alkyl halides is 2. The van der Waals surface area contributed by atoms with Gasteiger partial charge in [-0.2, -0.15) is 13.9 Å². The van der Waals surface area contributed by atoms with Crippen LogP contribution in [-0.4, -0.2) is 51.4 Å². The number of aromatic nitrogens is 2. The SMILES string of the molecule is C[C@H](NC(=O)C(C)(F)F)[C@H](Oc1ccc2c(cnn2-c2cccc(C(=O)C[C@H]3CCC[C@@H]3O)c2)c1)c1ccc2c(c1)OCOC2. The number of nitrogens with zero attached hydrogens (tertiary/aromatic N) is 2. The summed E-state index contributed by atoms with van der Waals surface area (Å²) in [6, 6.07) is 17.2. The Bertz CT molecular complexity index is 1720. The van der Waals surface area contributed by atoms with E-state index in [1.165, 1.54) is 0 Å². The van der Waals surface area contributed by atoms with E-state index in [0.29, 0.717) is 48.3 Å². The Labute approximate surface area is 259 Å². The molecule has 1 aromatic heterocycles. The number of ether oxygens (including phenoxy) is 3. The second-order valence-electron chi connectivity index (χ2n) is 11.9. The summed E-state index contributed by atoms with van der Waals surface area (Å²) >= 11 is 0. The van der Waals surface area contributed by atoms with Crippen LogP contribution in [0.2, 0.25) is 0 Å². The number of fused-ring (bicyclic) bond motifs is 2. The minimum atomic E-state index is -3.55. The van der Waals surface area contributed by atoms with Gasteiger partial charge in [-0.25, -0.2) is 4.68 Å². The van der Waals surface area contributed by atoms with E-state index >= 15 is 0 Å². The van der Waals surface area contributed by atoms with Crippen molar-refractivity contribution >= 4 is 22.6 Å². The van der Waals surface area contributed by atoms with E-state index in [-0.39, 0.29) is 18.5 Å².